The number of morpholine rings is 1. The number of rotatable bonds is 11. The summed E-state index contributed by atoms with van der Waals surface area (Å²) in [5, 5.41) is 6.44. The number of aryl methyl sites for hydroxylation is 1. The zero-order chi connectivity index (χ0) is 22.8. The highest BCUT2D eigenvalue weighted by molar-refractivity contribution is 6.00. The molecular weight excluding hydrogens is 402 g/mol. The van der Waals surface area contributed by atoms with Crippen molar-refractivity contribution in [1.82, 2.24) is 5.32 Å². The number of anilines is 1. The van der Waals surface area contributed by atoms with Gasteiger partial charge in [-0.1, -0.05) is 42.5 Å². The number of hydrogen-bond acceptors (Lipinski definition) is 6. The normalized spacial score (nSPS) is 18.2. The quantitative estimate of drug-likeness (QED) is 0.371. The maximum atomic E-state index is 13.1. The zero-order valence-corrected chi connectivity index (χ0v) is 18.6. The largest absolute Gasteiger partial charge is 0.376 e. The van der Waals surface area contributed by atoms with Crippen LogP contribution in [0.15, 0.2) is 66.7 Å². The lowest BCUT2D eigenvalue weighted by Crippen LogP contribution is -2.43. The Hall–Kier alpha value is -2.80. The van der Waals surface area contributed by atoms with E-state index in [1.807, 2.05) is 49.4 Å². The molecule has 2 aromatic rings. The molecule has 0 aliphatic carbocycles. The Labute approximate surface area is 190 Å². The number of benzene rings is 2. The summed E-state index contributed by atoms with van der Waals surface area (Å²) >= 11 is 0. The summed E-state index contributed by atoms with van der Waals surface area (Å²) < 4.78 is 5.55. The lowest BCUT2D eigenvalue weighted by molar-refractivity contribution is -0.122. The van der Waals surface area contributed by atoms with Crippen LogP contribution in [0.1, 0.15) is 29.3 Å². The molecule has 0 bridgehead atoms. The van der Waals surface area contributed by atoms with Gasteiger partial charge >= 0.3 is 0 Å². The summed E-state index contributed by atoms with van der Waals surface area (Å²) in [6.45, 7) is 4.12. The van der Waals surface area contributed by atoms with Crippen molar-refractivity contribution in [1.29, 1.82) is 0 Å². The lowest BCUT2D eigenvalue weighted by Gasteiger charge is -2.22. The summed E-state index contributed by atoms with van der Waals surface area (Å²) in [4.78, 5) is 25.7. The Morgan fingerprint density at radius 3 is 2.59 bits per heavy atom. The summed E-state index contributed by atoms with van der Waals surface area (Å²) in [7, 11) is 0. The number of ether oxygens (including phenoxy) is 1. The number of Topliss-reactive ketones (excluding diaryl/α,β-unsaturated/α-hetero) is 2. The molecule has 1 heterocycles. The van der Waals surface area contributed by atoms with E-state index in [0.29, 0.717) is 25.3 Å². The third-order valence-electron chi connectivity index (χ3n) is 5.66. The highest BCUT2D eigenvalue weighted by Crippen LogP contribution is 2.18. The molecule has 1 aliphatic heterocycles. The minimum Gasteiger partial charge on any atom is -0.376 e. The predicted octanol–water partition coefficient (Wildman–Crippen LogP) is 2.99. The summed E-state index contributed by atoms with van der Waals surface area (Å²) in [6.07, 6.45) is 4.89. The van der Waals surface area contributed by atoms with E-state index in [9.17, 15) is 9.59 Å². The van der Waals surface area contributed by atoms with Crippen LogP contribution in [0.2, 0.25) is 0 Å². The van der Waals surface area contributed by atoms with Crippen molar-refractivity contribution in [2.75, 3.05) is 31.6 Å². The van der Waals surface area contributed by atoms with Crippen molar-refractivity contribution in [2.45, 2.75) is 31.9 Å². The number of carbonyl (C=O) groups excluding carboxylic acids is 2. The highest BCUT2D eigenvalue weighted by atomic mass is 16.5. The first-order valence-electron chi connectivity index (χ1n) is 11.3. The first kappa shape index (κ1) is 23.9. The Balaban J connectivity index is 1.59. The van der Waals surface area contributed by atoms with E-state index in [4.69, 9.17) is 10.5 Å². The fraction of sp³-hybridized carbons (Fsp3) is 0.385. The van der Waals surface area contributed by atoms with Crippen LogP contribution in [0.5, 0.6) is 0 Å². The molecule has 170 valence electrons. The van der Waals surface area contributed by atoms with Gasteiger partial charge in [0.2, 0.25) is 0 Å². The van der Waals surface area contributed by atoms with Gasteiger partial charge in [-0.3, -0.25) is 9.59 Å². The minimum atomic E-state index is -0.442. The molecule has 2 aromatic carbocycles. The molecule has 3 atom stereocenters. The van der Waals surface area contributed by atoms with Gasteiger partial charge in [0.05, 0.1) is 12.6 Å². The standard InChI is InChI=1S/C26H33N3O3/c1-19(25(30)21(8-5-15-27)10-9-20-6-3-2-4-7-20)29-23-13-11-22(12-14-23)26(31)24-18-28-16-17-32-24/h2-8,11-14,19,21,24,28-29H,9-10,15-18,27H2,1H3/b8-5+. The maximum absolute atomic E-state index is 13.1. The Bertz CT molecular complexity index is 890. The number of hydrogen-bond donors (Lipinski definition) is 3. The van der Waals surface area contributed by atoms with Crippen molar-refractivity contribution >= 4 is 17.3 Å². The molecule has 32 heavy (non-hydrogen) atoms. The average molecular weight is 436 g/mol. The molecule has 0 spiro atoms. The minimum absolute atomic E-state index is 0.0271. The second kappa shape index (κ2) is 12.3. The topological polar surface area (TPSA) is 93.5 Å². The fourth-order valence-corrected chi connectivity index (χ4v) is 3.84. The van der Waals surface area contributed by atoms with Gasteiger partial charge in [-0.2, -0.15) is 0 Å². The summed E-state index contributed by atoms with van der Waals surface area (Å²) in [6, 6.07) is 17.0. The molecule has 0 amide bonds. The van der Waals surface area contributed by atoms with E-state index in [-0.39, 0.29) is 23.5 Å². The van der Waals surface area contributed by atoms with Gasteiger partial charge in [0, 0.05) is 36.8 Å². The van der Waals surface area contributed by atoms with Crippen LogP contribution in [0.3, 0.4) is 0 Å². The first-order valence-corrected chi connectivity index (χ1v) is 11.3. The van der Waals surface area contributed by atoms with E-state index in [2.05, 4.69) is 22.8 Å². The molecule has 4 N–H and O–H groups in total. The van der Waals surface area contributed by atoms with Gasteiger partial charge in [0.15, 0.2) is 11.6 Å². The molecule has 6 nitrogen and oxygen atoms in total. The van der Waals surface area contributed by atoms with Crippen LogP contribution in [0.25, 0.3) is 0 Å². The molecule has 1 fully saturated rings. The highest BCUT2D eigenvalue weighted by Gasteiger charge is 2.24. The number of ketones is 2. The van der Waals surface area contributed by atoms with Gasteiger partial charge in [-0.25, -0.2) is 0 Å². The van der Waals surface area contributed by atoms with Crippen LogP contribution in [0.4, 0.5) is 5.69 Å². The zero-order valence-electron chi connectivity index (χ0n) is 18.6. The van der Waals surface area contributed by atoms with Crippen molar-refractivity contribution in [3.63, 3.8) is 0 Å². The van der Waals surface area contributed by atoms with E-state index in [1.165, 1.54) is 5.56 Å². The summed E-state index contributed by atoms with van der Waals surface area (Å²) in [5.74, 6) is -0.119. The SMILES string of the molecule is CC(Nc1ccc(C(=O)C2CNCCO2)cc1)C(=O)C(/C=C/CN)CCc1ccccc1. The monoisotopic (exact) mass is 435 g/mol. The third kappa shape index (κ3) is 6.85. The van der Waals surface area contributed by atoms with Crippen molar-refractivity contribution in [3.8, 4) is 0 Å². The van der Waals surface area contributed by atoms with Crippen LogP contribution in [0, 0.1) is 5.92 Å². The van der Waals surface area contributed by atoms with Crippen LogP contribution >= 0.6 is 0 Å². The average Bonchev–Trinajstić information content (AvgIpc) is 2.85. The Morgan fingerprint density at radius 1 is 1.19 bits per heavy atom. The second-order valence-corrected chi connectivity index (χ2v) is 8.07. The number of carbonyl (C=O) groups is 2. The van der Waals surface area contributed by atoms with E-state index < -0.39 is 6.10 Å². The fourth-order valence-electron chi connectivity index (χ4n) is 3.84. The molecule has 0 saturated carbocycles. The number of allylic oxidation sites excluding steroid dienone is 1. The summed E-state index contributed by atoms with van der Waals surface area (Å²) in [5.41, 5.74) is 8.24. The van der Waals surface area contributed by atoms with Crippen LogP contribution in [-0.4, -0.2) is 50.0 Å². The third-order valence-corrected chi connectivity index (χ3v) is 5.66. The lowest BCUT2D eigenvalue weighted by atomic mass is 9.91. The molecule has 3 unspecified atom stereocenters. The number of nitrogens with two attached hydrogens (primary N) is 1. The Kier molecular flexibility index (Phi) is 9.16. The molecule has 6 heteroatoms. The van der Waals surface area contributed by atoms with Gasteiger partial charge < -0.3 is 21.1 Å². The maximum Gasteiger partial charge on any atom is 0.192 e. The van der Waals surface area contributed by atoms with Crippen molar-refractivity contribution in [2.24, 2.45) is 11.7 Å². The second-order valence-electron chi connectivity index (χ2n) is 8.07. The smallest absolute Gasteiger partial charge is 0.192 e. The molecule has 0 aromatic heterocycles. The molecule has 1 aliphatic rings. The molecule has 1 saturated heterocycles. The van der Waals surface area contributed by atoms with Gasteiger partial charge in [0.1, 0.15) is 6.10 Å². The van der Waals surface area contributed by atoms with Gasteiger partial charge in [0.25, 0.3) is 0 Å². The predicted molar refractivity (Wildman–Crippen MR) is 128 cm³/mol. The van der Waals surface area contributed by atoms with E-state index in [0.717, 1.165) is 25.1 Å². The van der Waals surface area contributed by atoms with E-state index in [1.54, 1.807) is 12.1 Å². The van der Waals surface area contributed by atoms with Crippen molar-refractivity contribution in [3.05, 3.63) is 77.9 Å². The van der Waals surface area contributed by atoms with Crippen LogP contribution < -0.4 is 16.4 Å². The Morgan fingerprint density at radius 2 is 1.94 bits per heavy atom. The molecule has 0 radical (unpaired) electrons. The first-order chi connectivity index (χ1) is 15.6. The molecular formula is C26H33N3O3. The van der Waals surface area contributed by atoms with Crippen LogP contribution in [-0.2, 0) is 16.0 Å². The van der Waals surface area contributed by atoms with E-state index >= 15 is 0 Å². The van der Waals surface area contributed by atoms with Gasteiger partial charge in [-0.15, -0.1) is 0 Å². The van der Waals surface area contributed by atoms with Gasteiger partial charge in [-0.05, 0) is 49.6 Å². The van der Waals surface area contributed by atoms with Crippen molar-refractivity contribution < 1.29 is 14.3 Å². The number of nitrogens with one attached hydrogen (secondary N) is 2. The molecule has 3 rings (SSSR count).